The molecule has 0 aliphatic heterocycles. The molecule has 4 heteroatoms. The Hall–Kier alpha value is -3.27. The molecule has 0 atom stereocenters. The third-order valence-corrected chi connectivity index (χ3v) is 4.27. The number of benzene rings is 2. The molecule has 0 spiro atoms. The summed E-state index contributed by atoms with van der Waals surface area (Å²) in [5.74, 6) is 0.682. The van der Waals surface area contributed by atoms with Gasteiger partial charge in [0.15, 0.2) is 0 Å². The molecule has 4 nitrogen and oxygen atoms in total. The van der Waals surface area contributed by atoms with Gasteiger partial charge in [-0.2, -0.15) is 0 Å². The second-order valence-electron chi connectivity index (χ2n) is 5.88. The summed E-state index contributed by atoms with van der Waals surface area (Å²) in [7, 11) is 0. The topological polar surface area (TPSA) is 47.8 Å². The number of aromatic nitrogens is 3. The SMILES string of the molecule is O=c1c2ccccc2nc(-c2ccncc2)n1CCc1ccccc1. The maximum atomic E-state index is 13.1. The molecule has 0 bridgehead atoms. The number of fused-ring (bicyclic) bond motifs is 1. The number of nitrogens with zero attached hydrogens (tertiary/aromatic N) is 3. The molecule has 0 radical (unpaired) electrons. The summed E-state index contributed by atoms with van der Waals surface area (Å²) in [6.07, 6.45) is 4.22. The Kier molecular flexibility index (Phi) is 4.09. The predicted molar refractivity (Wildman–Crippen MR) is 99.4 cm³/mol. The van der Waals surface area contributed by atoms with E-state index in [0.29, 0.717) is 17.8 Å². The van der Waals surface area contributed by atoms with Crippen molar-refractivity contribution in [1.29, 1.82) is 0 Å². The van der Waals surface area contributed by atoms with Gasteiger partial charge in [0.2, 0.25) is 0 Å². The van der Waals surface area contributed by atoms with Crippen LogP contribution in [0, 0.1) is 0 Å². The molecule has 25 heavy (non-hydrogen) atoms. The third kappa shape index (κ3) is 3.06. The van der Waals surface area contributed by atoms with Crippen LogP contribution in [0.3, 0.4) is 0 Å². The summed E-state index contributed by atoms with van der Waals surface area (Å²) in [5.41, 5.74) is 2.80. The highest BCUT2D eigenvalue weighted by Gasteiger charge is 2.12. The summed E-state index contributed by atoms with van der Waals surface area (Å²) < 4.78 is 1.77. The van der Waals surface area contributed by atoms with Crippen LogP contribution in [0.15, 0.2) is 83.9 Å². The Balaban J connectivity index is 1.85. The quantitative estimate of drug-likeness (QED) is 0.574. The zero-order valence-electron chi connectivity index (χ0n) is 13.7. The monoisotopic (exact) mass is 327 g/mol. The molecule has 0 saturated carbocycles. The highest BCUT2D eigenvalue weighted by molar-refractivity contribution is 5.79. The van der Waals surface area contributed by atoms with Crippen molar-refractivity contribution in [3.8, 4) is 11.4 Å². The van der Waals surface area contributed by atoms with Gasteiger partial charge in [-0.3, -0.25) is 14.3 Å². The van der Waals surface area contributed by atoms with Crippen LogP contribution in [0.4, 0.5) is 0 Å². The van der Waals surface area contributed by atoms with Crippen molar-refractivity contribution >= 4 is 10.9 Å². The number of pyridine rings is 1. The molecular formula is C21H17N3O. The first kappa shape index (κ1) is 15.3. The summed E-state index contributed by atoms with van der Waals surface area (Å²) in [5, 5.41) is 0.647. The maximum absolute atomic E-state index is 13.1. The van der Waals surface area contributed by atoms with Gasteiger partial charge in [-0.05, 0) is 36.2 Å². The lowest BCUT2D eigenvalue weighted by Crippen LogP contribution is -2.24. The highest BCUT2D eigenvalue weighted by Crippen LogP contribution is 2.18. The van der Waals surface area contributed by atoms with Gasteiger partial charge in [-0.1, -0.05) is 42.5 Å². The summed E-state index contributed by atoms with van der Waals surface area (Å²) in [6, 6.07) is 21.4. The molecule has 0 N–H and O–H groups in total. The van der Waals surface area contributed by atoms with Crippen LogP contribution in [0.2, 0.25) is 0 Å². The lowest BCUT2D eigenvalue weighted by atomic mass is 10.1. The molecule has 0 amide bonds. The predicted octanol–water partition coefficient (Wildman–Crippen LogP) is 3.70. The van der Waals surface area contributed by atoms with Gasteiger partial charge in [-0.15, -0.1) is 0 Å². The summed E-state index contributed by atoms with van der Waals surface area (Å²) >= 11 is 0. The Labute approximate surface area is 145 Å². The molecule has 4 rings (SSSR count). The van der Waals surface area contributed by atoms with Crippen molar-refractivity contribution < 1.29 is 0 Å². The van der Waals surface area contributed by atoms with Gasteiger partial charge < -0.3 is 0 Å². The third-order valence-electron chi connectivity index (χ3n) is 4.27. The van der Waals surface area contributed by atoms with E-state index in [1.807, 2.05) is 54.6 Å². The molecule has 4 aromatic rings. The van der Waals surface area contributed by atoms with Crippen molar-refractivity contribution in [2.24, 2.45) is 0 Å². The first-order valence-electron chi connectivity index (χ1n) is 8.27. The van der Waals surface area contributed by atoms with Crippen molar-refractivity contribution in [2.75, 3.05) is 0 Å². The number of hydrogen-bond acceptors (Lipinski definition) is 3. The minimum atomic E-state index is -0.00616. The van der Waals surface area contributed by atoms with Crippen molar-refractivity contribution in [3.05, 3.63) is 95.0 Å². The largest absolute Gasteiger partial charge is 0.292 e. The zero-order valence-corrected chi connectivity index (χ0v) is 13.7. The van der Waals surface area contributed by atoms with E-state index < -0.39 is 0 Å². The molecule has 122 valence electrons. The molecule has 0 fully saturated rings. The highest BCUT2D eigenvalue weighted by atomic mass is 16.1. The minimum absolute atomic E-state index is 0.00616. The molecule has 2 aromatic carbocycles. The van der Waals surface area contributed by atoms with E-state index in [1.165, 1.54) is 5.56 Å². The Morgan fingerprint density at radius 3 is 2.36 bits per heavy atom. The van der Waals surface area contributed by atoms with Crippen LogP contribution in [-0.4, -0.2) is 14.5 Å². The first-order valence-corrected chi connectivity index (χ1v) is 8.27. The van der Waals surface area contributed by atoms with Gasteiger partial charge in [-0.25, -0.2) is 4.98 Å². The van der Waals surface area contributed by atoms with Crippen molar-refractivity contribution in [3.63, 3.8) is 0 Å². The second-order valence-corrected chi connectivity index (χ2v) is 5.88. The fourth-order valence-electron chi connectivity index (χ4n) is 2.98. The van der Waals surface area contributed by atoms with Crippen LogP contribution in [0.25, 0.3) is 22.3 Å². The van der Waals surface area contributed by atoms with E-state index in [-0.39, 0.29) is 5.56 Å². The molecule has 0 saturated heterocycles. The molecule has 0 aliphatic rings. The molecule has 2 aromatic heterocycles. The number of aryl methyl sites for hydroxylation is 1. The number of para-hydroxylation sites is 1. The smallest absolute Gasteiger partial charge is 0.261 e. The minimum Gasteiger partial charge on any atom is -0.292 e. The average Bonchev–Trinajstić information content (AvgIpc) is 2.69. The maximum Gasteiger partial charge on any atom is 0.261 e. The van der Waals surface area contributed by atoms with Crippen molar-refractivity contribution in [1.82, 2.24) is 14.5 Å². The Bertz CT molecular complexity index is 1060. The zero-order chi connectivity index (χ0) is 17.1. The van der Waals surface area contributed by atoms with Crippen molar-refractivity contribution in [2.45, 2.75) is 13.0 Å². The lowest BCUT2D eigenvalue weighted by Gasteiger charge is -2.13. The van der Waals surface area contributed by atoms with Crippen LogP contribution in [0.1, 0.15) is 5.56 Å². The fraction of sp³-hybridized carbons (Fsp3) is 0.0952. The lowest BCUT2D eigenvalue weighted by molar-refractivity contribution is 0.671. The Morgan fingerprint density at radius 2 is 1.56 bits per heavy atom. The molecule has 0 unspecified atom stereocenters. The van der Waals surface area contributed by atoms with E-state index in [4.69, 9.17) is 4.98 Å². The molecule has 0 aliphatic carbocycles. The second kappa shape index (κ2) is 6.69. The first-order chi connectivity index (χ1) is 12.3. The number of rotatable bonds is 4. The molecule has 2 heterocycles. The van der Waals surface area contributed by atoms with Crippen LogP contribution in [-0.2, 0) is 13.0 Å². The van der Waals surface area contributed by atoms with Crippen LogP contribution in [0.5, 0.6) is 0 Å². The van der Waals surface area contributed by atoms with Gasteiger partial charge in [0, 0.05) is 24.5 Å². The van der Waals surface area contributed by atoms with Gasteiger partial charge in [0.05, 0.1) is 10.9 Å². The Morgan fingerprint density at radius 1 is 0.840 bits per heavy atom. The number of hydrogen-bond donors (Lipinski definition) is 0. The van der Waals surface area contributed by atoms with Gasteiger partial charge >= 0.3 is 0 Å². The normalized spacial score (nSPS) is 10.9. The van der Waals surface area contributed by atoms with E-state index >= 15 is 0 Å². The van der Waals surface area contributed by atoms with Gasteiger partial charge in [0.25, 0.3) is 5.56 Å². The average molecular weight is 327 g/mol. The molecular weight excluding hydrogens is 310 g/mol. The summed E-state index contributed by atoms with van der Waals surface area (Å²) in [4.78, 5) is 21.9. The van der Waals surface area contributed by atoms with E-state index in [9.17, 15) is 4.79 Å². The van der Waals surface area contributed by atoms with Crippen LogP contribution < -0.4 is 5.56 Å². The van der Waals surface area contributed by atoms with E-state index in [1.54, 1.807) is 17.0 Å². The fourth-order valence-corrected chi connectivity index (χ4v) is 2.98. The standard InChI is InChI=1S/C21H17N3O/c25-21-18-8-4-5-9-19(18)23-20(17-10-13-22-14-11-17)24(21)15-12-16-6-2-1-3-7-16/h1-11,13-14H,12,15H2. The van der Waals surface area contributed by atoms with Crippen LogP contribution >= 0.6 is 0 Å². The summed E-state index contributed by atoms with van der Waals surface area (Å²) in [6.45, 7) is 0.582. The van der Waals surface area contributed by atoms with Gasteiger partial charge in [0.1, 0.15) is 5.82 Å². The van der Waals surface area contributed by atoms with E-state index in [2.05, 4.69) is 17.1 Å². The van der Waals surface area contributed by atoms with E-state index in [0.717, 1.165) is 17.5 Å².